The summed E-state index contributed by atoms with van der Waals surface area (Å²) in [6.07, 6.45) is 4.73. The summed E-state index contributed by atoms with van der Waals surface area (Å²) in [7, 11) is 2.12. The van der Waals surface area contributed by atoms with Gasteiger partial charge in [-0.05, 0) is 60.5 Å². The van der Waals surface area contributed by atoms with Crippen LogP contribution in [0.1, 0.15) is 5.56 Å². The number of anilines is 1. The Morgan fingerprint density at radius 3 is 2.81 bits per heavy atom. The molecule has 0 spiro atoms. The van der Waals surface area contributed by atoms with E-state index in [1.54, 1.807) is 18.5 Å². The molecule has 0 unspecified atom stereocenters. The van der Waals surface area contributed by atoms with Crippen molar-refractivity contribution in [3.05, 3.63) is 82.7 Å². The Balaban J connectivity index is 1.60. The molecule has 4 heterocycles. The number of pyridine rings is 1. The van der Waals surface area contributed by atoms with Gasteiger partial charge in [-0.1, -0.05) is 29.3 Å². The van der Waals surface area contributed by atoms with E-state index in [1.807, 2.05) is 39.4 Å². The van der Waals surface area contributed by atoms with Gasteiger partial charge in [0, 0.05) is 41.8 Å². The van der Waals surface area contributed by atoms with Gasteiger partial charge < -0.3 is 4.90 Å². The van der Waals surface area contributed by atoms with Crippen LogP contribution in [0.2, 0.25) is 10.0 Å². The fraction of sp³-hybridized carbons (Fsp3) is 0.125. The molecule has 0 saturated carbocycles. The van der Waals surface area contributed by atoms with Crippen LogP contribution in [0.15, 0.2) is 67.1 Å². The van der Waals surface area contributed by atoms with Gasteiger partial charge in [-0.15, -0.1) is 10.2 Å². The Hall–Kier alpha value is -3.35. The second-order valence-corrected chi connectivity index (χ2v) is 8.71. The fourth-order valence-electron chi connectivity index (χ4n) is 4.36. The molecule has 6 nitrogen and oxygen atoms in total. The first-order valence-corrected chi connectivity index (χ1v) is 11.0. The van der Waals surface area contributed by atoms with Crippen molar-refractivity contribution < 1.29 is 0 Å². The highest BCUT2D eigenvalue weighted by molar-refractivity contribution is 6.35. The minimum atomic E-state index is 0.575. The lowest BCUT2D eigenvalue weighted by atomic mass is 10.1. The predicted octanol–water partition coefficient (Wildman–Crippen LogP) is 5.55. The van der Waals surface area contributed by atoms with E-state index in [9.17, 15) is 0 Å². The number of aromatic nitrogens is 5. The number of imidazole rings is 1. The van der Waals surface area contributed by atoms with E-state index in [0.717, 1.165) is 35.6 Å². The van der Waals surface area contributed by atoms with Crippen LogP contribution >= 0.6 is 23.2 Å². The predicted molar refractivity (Wildman–Crippen MR) is 128 cm³/mol. The SMILES string of the molecule is CN1CCc2cc(-n3cnnc3-c3c(-c4cc(Cl)ccc4Cl)nc4ccccn34)ccc21. The first-order valence-electron chi connectivity index (χ1n) is 10.3. The molecule has 3 aromatic heterocycles. The molecule has 5 aromatic rings. The molecule has 32 heavy (non-hydrogen) atoms. The van der Waals surface area contributed by atoms with Crippen molar-refractivity contribution in [2.24, 2.45) is 0 Å². The third-order valence-electron chi connectivity index (χ3n) is 5.94. The van der Waals surface area contributed by atoms with E-state index in [0.29, 0.717) is 21.6 Å². The van der Waals surface area contributed by atoms with Crippen molar-refractivity contribution in [1.82, 2.24) is 24.1 Å². The molecule has 8 heteroatoms. The average molecular weight is 461 g/mol. The van der Waals surface area contributed by atoms with Crippen molar-refractivity contribution in [2.45, 2.75) is 6.42 Å². The van der Waals surface area contributed by atoms with Gasteiger partial charge in [-0.2, -0.15) is 0 Å². The van der Waals surface area contributed by atoms with Crippen molar-refractivity contribution in [3.63, 3.8) is 0 Å². The number of likely N-dealkylation sites (N-methyl/N-ethyl adjacent to an activating group) is 1. The van der Waals surface area contributed by atoms with Crippen LogP contribution in [0.3, 0.4) is 0 Å². The first kappa shape index (κ1) is 19.3. The molecule has 0 bridgehead atoms. The van der Waals surface area contributed by atoms with Crippen molar-refractivity contribution >= 4 is 34.5 Å². The molecule has 0 N–H and O–H groups in total. The third kappa shape index (κ3) is 2.98. The van der Waals surface area contributed by atoms with Gasteiger partial charge in [-0.3, -0.25) is 8.97 Å². The zero-order chi connectivity index (χ0) is 21.8. The maximum atomic E-state index is 6.57. The van der Waals surface area contributed by atoms with Crippen molar-refractivity contribution in [2.75, 3.05) is 18.5 Å². The number of fused-ring (bicyclic) bond motifs is 2. The van der Waals surface area contributed by atoms with E-state index in [-0.39, 0.29) is 0 Å². The van der Waals surface area contributed by atoms with Crippen molar-refractivity contribution in [3.8, 4) is 28.5 Å². The summed E-state index contributed by atoms with van der Waals surface area (Å²) in [5, 5.41) is 9.91. The molecule has 1 aliphatic heterocycles. The highest BCUT2D eigenvalue weighted by atomic mass is 35.5. The van der Waals surface area contributed by atoms with Crippen molar-refractivity contribution in [1.29, 1.82) is 0 Å². The van der Waals surface area contributed by atoms with Gasteiger partial charge in [0.25, 0.3) is 0 Å². The van der Waals surface area contributed by atoms with Gasteiger partial charge in [-0.25, -0.2) is 4.98 Å². The molecular formula is C24H18Cl2N6. The molecule has 0 aliphatic carbocycles. The number of rotatable bonds is 3. The number of hydrogen-bond acceptors (Lipinski definition) is 4. The number of benzene rings is 2. The first-order chi connectivity index (χ1) is 15.6. The highest BCUT2D eigenvalue weighted by Gasteiger charge is 2.24. The molecule has 1 aliphatic rings. The average Bonchev–Trinajstić information content (AvgIpc) is 3.51. The monoisotopic (exact) mass is 460 g/mol. The number of hydrogen-bond donors (Lipinski definition) is 0. The lowest BCUT2D eigenvalue weighted by molar-refractivity contribution is 0.955. The molecule has 0 amide bonds. The molecule has 0 fully saturated rings. The normalized spacial score (nSPS) is 13.2. The Labute approximate surface area is 194 Å². The Morgan fingerprint density at radius 2 is 1.91 bits per heavy atom. The van der Waals surface area contributed by atoms with Crippen LogP contribution in [0.5, 0.6) is 0 Å². The van der Waals surface area contributed by atoms with E-state index >= 15 is 0 Å². The van der Waals surface area contributed by atoms with E-state index in [4.69, 9.17) is 28.2 Å². The van der Waals surface area contributed by atoms with Crippen LogP contribution < -0.4 is 4.90 Å². The second kappa shape index (κ2) is 7.36. The fourth-order valence-corrected chi connectivity index (χ4v) is 4.74. The standard InChI is InChI=1S/C24H18Cl2N6/c1-30-11-9-15-12-17(6-8-20(15)30)32-14-27-29-24(32)23-22(18-13-16(25)5-7-19(18)26)28-21-4-2-3-10-31(21)23/h2-8,10,12-14H,9,11H2,1H3. The zero-order valence-corrected chi connectivity index (χ0v) is 18.7. The van der Waals surface area contributed by atoms with Gasteiger partial charge in [0.2, 0.25) is 0 Å². The van der Waals surface area contributed by atoms with E-state index < -0.39 is 0 Å². The zero-order valence-electron chi connectivity index (χ0n) is 17.2. The van der Waals surface area contributed by atoms with Gasteiger partial charge in [0.05, 0.1) is 5.02 Å². The molecule has 6 rings (SSSR count). The van der Waals surface area contributed by atoms with E-state index in [1.165, 1.54) is 11.3 Å². The molecule has 0 saturated heterocycles. The minimum absolute atomic E-state index is 0.575. The molecular weight excluding hydrogens is 443 g/mol. The van der Waals surface area contributed by atoms with Gasteiger partial charge in [0.1, 0.15) is 23.4 Å². The lowest BCUT2D eigenvalue weighted by Gasteiger charge is -2.13. The third-order valence-corrected chi connectivity index (χ3v) is 6.51. The summed E-state index contributed by atoms with van der Waals surface area (Å²) < 4.78 is 4.01. The number of nitrogens with zero attached hydrogens (tertiary/aromatic N) is 6. The van der Waals surface area contributed by atoms with E-state index in [2.05, 4.69) is 40.3 Å². The second-order valence-electron chi connectivity index (χ2n) is 7.87. The van der Waals surface area contributed by atoms with Crippen LogP contribution in [-0.4, -0.2) is 37.7 Å². The summed E-state index contributed by atoms with van der Waals surface area (Å²) in [6, 6.07) is 17.7. The van der Waals surface area contributed by atoms with Crippen LogP contribution in [0.4, 0.5) is 5.69 Å². The molecule has 0 radical (unpaired) electrons. The Morgan fingerprint density at radius 1 is 1.00 bits per heavy atom. The minimum Gasteiger partial charge on any atom is -0.374 e. The Kier molecular flexibility index (Phi) is 4.45. The largest absolute Gasteiger partial charge is 0.374 e. The maximum absolute atomic E-state index is 6.57. The quantitative estimate of drug-likeness (QED) is 0.354. The number of halogens is 2. The highest BCUT2D eigenvalue weighted by Crippen LogP contribution is 2.38. The topological polar surface area (TPSA) is 51.2 Å². The summed E-state index contributed by atoms with van der Waals surface area (Å²) in [5.74, 6) is 0.682. The summed E-state index contributed by atoms with van der Waals surface area (Å²) in [6.45, 7) is 1.03. The van der Waals surface area contributed by atoms with Gasteiger partial charge in [0.15, 0.2) is 5.82 Å². The lowest BCUT2D eigenvalue weighted by Crippen LogP contribution is -2.12. The van der Waals surface area contributed by atoms with Crippen LogP contribution in [0.25, 0.3) is 34.1 Å². The molecule has 0 atom stereocenters. The summed E-state index contributed by atoms with van der Waals surface area (Å²) in [4.78, 5) is 7.15. The summed E-state index contributed by atoms with van der Waals surface area (Å²) >= 11 is 12.9. The van der Waals surface area contributed by atoms with Crippen LogP contribution in [-0.2, 0) is 6.42 Å². The molecule has 158 valence electrons. The molecule has 2 aromatic carbocycles. The summed E-state index contributed by atoms with van der Waals surface area (Å²) in [5.41, 5.74) is 6.65. The smallest absolute Gasteiger partial charge is 0.187 e. The maximum Gasteiger partial charge on any atom is 0.187 e. The van der Waals surface area contributed by atoms with Gasteiger partial charge >= 0.3 is 0 Å². The Bertz CT molecular complexity index is 1490. The van der Waals surface area contributed by atoms with Crippen LogP contribution in [0, 0.1) is 0 Å².